The highest BCUT2D eigenvalue weighted by atomic mass is 35.5. The minimum absolute atomic E-state index is 0.472. The average Bonchev–Trinajstić information content (AvgIpc) is 2.43. The second kappa shape index (κ2) is 6.24. The number of ether oxygens (including phenoxy) is 1. The number of halogens is 2. The van der Waals surface area contributed by atoms with E-state index in [2.05, 4.69) is 4.98 Å². The topological polar surface area (TPSA) is 42.4 Å². The van der Waals surface area contributed by atoms with Crippen LogP contribution in [0.15, 0.2) is 36.5 Å². The van der Waals surface area contributed by atoms with Gasteiger partial charge in [0.05, 0.1) is 23.0 Å². The van der Waals surface area contributed by atoms with Crippen LogP contribution in [0.1, 0.15) is 25.1 Å². The maximum atomic E-state index is 9.65. The van der Waals surface area contributed by atoms with E-state index >= 15 is 0 Å². The molecule has 0 bridgehead atoms. The van der Waals surface area contributed by atoms with Gasteiger partial charge in [-0.1, -0.05) is 30.1 Å². The van der Waals surface area contributed by atoms with Crippen LogP contribution in [-0.2, 0) is 0 Å². The minimum atomic E-state index is -0.552. The van der Waals surface area contributed by atoms with Crippen molar-refractivity contribution in [3.8, 4) is 11.5 Å². The van der Waals surface area contributed by atoms with Gasteiger partial charge in [-0.2, -0.15) is 0 Å². The van der Waals surface area contributed by atoms with Crippen molar-refractivity contribution in [3.05, 3.63) is 52.3 Å². The van der Waals surface area contributed by atoms with Crippen LogP contribution in [0, 0.1) is 0 Å². The number of benzene rings is 1. The Labute approximate surface area is 121 Å². The van der Waals surface area contributed by atoms with Crippen molar-refractivity contribution in [2.45, 2.75) is 19.4 Å². The van der Waals surface area contributed by atoms with Crippen LogP contribution in [0.5, 0.6) is 11.5 Å². The molecule has 2 aromatic rings. The summed E-state index contributed by atoms with van der Waals surface area (Å²) in [6.45, 7) is 1.89. The Hall–Kier alpha value is -1.29. The maximum Gasteiger partial charge on any atom is 0.147 e. The van der Waals surface area contributed by atoms with Crippen LogP contribution in [0.25, 0.3) is 0 Å². The van der Waals surface area contributed by atoms with E-state index in [1.807, 2.05) is 6.92 Å². The molecule has 3 nitrogen and oxygen atoms in total. The molecule has 0 saturated heterocycles. The van der Waals surface area contributed by atoms with E-state index in [-0.39, 0.29) is 0 Å². The number of hydrogen-bond acceptors (Lipinski definition) is 3. The predicted molar refractivity (Wildman–Crippen MR) is 76.0 cm³/mol. The van der Waals surface area contributed by atoms with Gasteiger partial charge in [0.2, 0.25) is 0 Å². The Kier molecular flexibility index (Phi) is 4.64. The van der Waals surface area contributed by atoms with Gasteiger partial charge in [-0.05, 0) is 30.7 Å². The molecule has 1 aromatic heterocycles. The highest BCUT2D eigenvalue weighted by Gasteiger charge is 2.08. The van der Waals surface area contributed by atoms with E-state index in [9.17, 15) is 5.11 Å². The summed E-state index contributed by atoms with van der Waals surface area (Å²) in [5, 5.41) is 10.7. The molecule has 100 valence electrons. The van der Waals surface area contributed by atoms with Gasteiger partial charge in [-0.15, -0.1) is 0 Å². The lowest BCUT2D eigenvalue weighted by atomic mass is 10.2. The molecule has 1 aromatic carbocycles. The third-order valence-corrected chi connectivity index (χ3v) is 3.16. The highest BCUT2D eigenvalue weighted by Crippen LogP contribution is 2.31. The van der Waals surface area contributed by atoms with Gasteiger partial charge in [0.25, 0.3) is 0 Å². The number of aliphatic hydroxyl groups is 1. The highest BCUT2D eigenvalue weighted by molar-refractivity contribution is 6.34. The van der Waals surface area contributed by atoms with Crippen LogP contribution < -0.4 is 4.74 Å². The zero-order valence-electron chi connectivity index (χ0n) is 10.3. The summed E-state index contributed by atoms with van der Waals surface area (Å²) in [6, 6.07) is 8.46. The quantitative estimate of drug-likeness (QED) is 0.895. The Bertz CT molecular complexity index is 558. The van der Waals surface area contributed by atoms with Crippen molar-refractivity contribution in [2.24, 2.45) is 0 Å². The van der Waals surface area contributed by atoms with E-state index in [0.29, 0.717) is 33.7 Å². The van der Waals surface area contributed by atoms with Crippen LogP contribution in [0.2, 0.25) is 10.0 Å². The van der Waals surface area contributed by atoms with Gasteiger partial charge in [0.1, 0.15) is 11.5 Å². The summed E-state index contributed by atoms with van der Waals surface area (Å²) in [7, 11) is 0. The van der Waals surface area contributed by atoms with Crippen molar-refractivity contribution in [1.82, 2.24) is 4.98 Å². The minimum Gasteiger partial charge on any atom is -0.454 e. The molecular formula is C14H13Cl2NO2. The average molecular weight is 298 g/mol. The lowest BCUT2D eigenvalue weighted by Crippen LogP contribution is -1.98. The first-order valence-corrected chi connectivity index (χ1v) is 6.62. The normalized spacial score (nSPS) is 12.2. The lowest BCUT2D eigenvalue weighted by Gasteiger charge is -2.10. The molecule has 2 rings (SSSR count). The van der Waals surface area contributed by atoms with Crippen molar-refractivity contribution in [2.75, 3.05) is 0 Å². The number of aromatic nitrogens is 1. The van der Waals surface area contributed by atoms with Gasteiger partial charge in [0.15, 0.2) is 0 Å². The molecule has 0 radical (unpaired) electrons. The standard InChI is InChI=1S/C14H13Cl2NO2/c1-2-13(18)12-6-4-10(8-17-12)19-14-7-9(15)3-5-11(14)16/h3-8,13,18H,2H2,1H3/t13-/m1/s1. The van der Waals surface area contributed by atoms with Gasteiger partial charge < -0.3 is 9.84 Å². The zero-order valence-corrected chi connectivity index (χ0v) is 11.8. The van der Waals surface area contributed by atoms with Gasteiger partial charge in [-0.3, -0.25) is 4.98 Å². The summed E-state index contributed by atoms with van der Waals surface area (Å²) in [6.07, 6.45) is 1.61. The third-order valence-electron chi connectivity index (χ3n) is 2.61. The molecule has 0 aliphatic heterocycles. The van der Waals surface area contributed by atoms with Gasteiger partial charge in [-0.25, -0.2) is 0 Å². The number of pyridine rings is 1. The molecule has 0 fully saturated rings. The fourth-order valence-electron chi connectivity index (χ4n) is 1.54. The van der Waals surface area contributed by atoms with Crippen LogP contribution in [0.3, 0.4) is 0 Å². The first kappa shape index (κ1) is 14.1. The number of nitrogens with zero attached hydrogens (tertiary/aromatic N) is 1. The van der Waals surface area contributed by atoms with Crippen molar-refractivity contribution >= 4 is 23.2 Å². The Morgan fingerprint density at radius 2 is 2.05 bits per heavy atom. The summed E-state index contributed by atoms with van der Waals surface area (Å²) in [5.41, 5.74) is 0.618. The van der Waals surface area contributed by atoms with Crippen LogP contribution >= 0.6 is 23.2 Å². The molecule has 1 heterocycles. The molecule has 0 amide bonds. The van der Waals surface area contributed by atoms with E-state index in [4.69, 9.17) is 27.9 Å². The summed E-state index contributed by atoms with van der Waals surface area (Å²) < 4.78 is 5.60. The van der Waals surface area contributed by atoms with Gasteiger partial charge in [0, 0.05) is 11.1 Å². The second-order valence-corrected chi connectivity index (χ2v) is 4.86. The van der Waals surface area contributed by atoms with Crippen LogP contribution in [0.4, 0.5) is 0 Å². The molecule has 0 spiro atoms. The molecule has 19 heavy (non-hydrogen) atoms. The van der Waals surface area contributed by atoms with E-state index in [1.165, 1.54) is 0 Å². The van der Waals surface area contributed by atoms with Gasteiger partial charge >= 0.3 is 0 Å². The fraction of sp³-hybridized carbons (Fsp3) is 0.214. The molecule has 1 N–H and O–H groups in total. The summed E-state index contributed by atoms with van der Waals surface area (Å²) in [4.78, 5) is 4.15. The molecule has 1 atom stereocenters. The third kappa shape index (κ3) is 3.60. The van der Waals surface area contributed by atoms with Crippen LogP contribution in [-0.4, -0.2) is 10.1 Å². The second-order valence-electron chi connectivity index (χ2n) is 4.02. The fourth-order valence-corrected chi connectivity index (χ4v) is 1.86. The molecular weight excluding hydrogens is 285 g/mol. The SMILES string of the molecule is CC[C@@H](O)c1ccc(Oc2cc(Cl)ccc2Cl)cn1. The van der Waals surface area contributed by atoms with E-state index in [1.54, 1.807) is 36.5 Å². The summed E-state index contributed by atoms with van der Waals surface area (Å²) in [5.74, 6) is 1.01. The Morgan fingerprint density at radius 1 is 1.26 bits per heavy atom. The van der Waals surface area contributed by atoms with E-state index < -0.39 is 6.10 Å². The van der Waals surface area contributed by atoms with Crippen molar-refractivity contribution < 1.29 is 9.84 Å². The summed E-state index contributed by atoms with van der Waals surface area (Å²) >= 11 is 11.9. The maximum absolute atomic E-state index is 9.65. The molecule has 0 saturated carbocycles. The molecule has 0 aliphatic carbocycles. The smallest absolute Gasteiger partial charge is 0.147 e. The van der Waals surface area contributed by atoms with Crippen molar-refractivity contribution in [3.63, 3.8) is 0 Å². The molecule has 0 unspecified atom stereocenters. The number of aliphatic hydroxyl groups excluding tert-OH is 1. The predicted octanol–water partition coefficient (Wildman–Crippen LogP) is 4.62. The van der Waals surface area contributed by atoms with E-state index in [0.717, 1.165) is 0 Å². The Balaban J connectivity index is 2.17. The Morgan fingerprint density at radius 3 is 2.68 bits per heavy atom. The number of hydrogen-bond donors (Lipinski definition) is 1. The number of rotatable bonds is 4. The largest absolute Gasteiger partial charge is 0.454 e. The van der Waals surface area contributed by atoms with Crippen molar-refractivity contribution in [1.29, 1.82) is 0 Å². The monoisotopic (exact) mass is 297 g/mol. The molecule has 5 heteroatoms. The lowest BCUT2D eigenvalue weighted by molar-refractivity contribution is 0.169. The molecule has 0 aliphatic rings. The first-order valence-electron chi connectivity index (χ1n) is 5.87. The zero-order chi connectivity index (χ0) is 13.8. The first-order chi connectivity index (χ1) is 9.10.